The van der Waals surface area contributed by atoms with Gasteiger partial charge in [-0.1, -0.05) is 53.6 Å². The molecule has 1 N–H and O–H groups in total. The lowest BCUT2D eigenvalue weighted by Gasteiger charge is -2.30. The van der Waals surface area contributed by atoms with E-state index in [0.29, 0.717) is 30.0 Å². The smallest absolute Gasteiger partial charge is 0.407 e. The van der Waals surface area contributed by atoms with Gasteiger partial charge in [-0.25, -0.2) is 4.79 Å². The standard InChI is InChI=1S/C20H20ClNO3/c1-13-5-2-6-14(11-13)18-16(8-3-9-17(18)21)19(23)15-7-4-10-22(12-15)20(24)25/h2-3,5-6,8-9,11,15H,4,7,10,12H2,1H3,(H,24,25). The zero-order chi connectivity index (χ0) is 18.0. The second kappa shape index (κ2) is 7.28. The number of carbonyl (C=O) groups is 2. The van der Waals surface area contributed by atoms with Crippen LogP contribution in [0.2, 0.25) is 5.02 Å². The quantitative estimate of drug-likeness (QED) is 0.796. The number of piperidine rings is 1. The van der Waals surface area contributed by atoms with E-state index in [1.165, 1.54) is 4.90 Å². The molecule has 4 nitrogen and oxygen atoms in total. The summed E-state index contributed by atoms with van der Waals surface area (Å²) in [6.45, 7) is 2.72. The van der Waals surface area contributed by atoms with E-state index in [2.05, 4.69) is 0 Å². The first-order valence-corrected chi connectivity index (χ1v) is 8.73. The first-order valence-electron chi connectivity index (χ1n) is 8.35. The first kappa shape index (κ1) is 17.5. The lowest BCUT2D eigenvalue weighted by molar-refractivity contribution is 0.0807. The van der Waals surface area contributed by atoms with Gasteiger partial charge in [-0.2, -0.15) is 0 Å². The maximum Gasteiger partial charge on any atom is 0.407 e. The monoisotopic (exact) mass is 357 g/mol. The highest BCUT2D eigenvalue weighted by atomic mass is 35.5. The molecule has 0 bridgehead atoms. The third-order valence-corrected chi connectivity index (χ3v) is 4.96. The number of likely N-dealkylation sites (tertiary alicyclic amines) is 1. The molecule has 1 saturated heterocycles. The molecule has 1 fully saturated rings. The lowest BCUT2D eigenvalue weighted by Crippen LogP contribution is -2.41. The Bertz CT molecular complexity index is 818. The Labute approximate surface area is 152 Å². The molecule has 0 radical (unpaired) electrons. The van der Waals surface area contributed by atoms with Crippen molar-refractivity contribution in [3.05, 3.63) is 58.6 Å². The van der Waals surface area contributed by atoms with Crippen molar-refractivity contribution in [3.8, 4) is 11.1 Å². The molecule has 2 aromatic carbocycles. The van der Waals surface area contributed by atoms with Crippen molar-refractivity contribution in [1.29, 1.82) is 0 Å². The summed E-state index contributed by atoms with van der Waals surface area (Å²) < 4.78 is 0. The van der Waals surface area contributed by atoms with Crippen LogP contribution < -0.4 is 0 Å². The van der Waals surface area contributed by atoms with Gasteiger partial charge >= 0.3 is 6.09 Å². The number of benzene rings is 2. The van der Waals surface area contributed by atoms with Crippen molar-refractivity contribution in [3.63, 3.8) is 0 Å². The van der Waals surface area contributed by atoms with Gasteiger partial charge in [0.25, 0.3) is 0 Å². The van der Waals surface area contributed by atoms with E-state index in [1.807, 2.05) is 31.2 Å². The summed E-state index contributed by atoms with van der Waals surface area (Å²) >= 11 is 6.42. The topological polar surface area (TPSA) is 57.6 Å². The van der Waals surface area contributed by atoms with E-state index < -0.39 is 6.09 Å². The molecule has 0 saturated carbocycles. The molecule has 130 valence electrons. The summed E-state index contributed by atoms with van der Waals surface area (Å²) in [5.74, 6) is -0.364. The molecule has 1 atom stereocenters. The fourth-order valence-electron chi connectivity index (χ4n) is 3.41. The number of carbonyl (C=O) groups excluding carboxylic acids is 1. The van der Waals surface area contributed by atoms with Gasteiger partial charge in [0.15, 0.2) is 5.78 Å². The molecule has 2 aromatic rings. The van der Waals surface area contributed by atoms with Crippen LogP contribution >= 0.6 is 11.6 Å². The zero-order valence-corrected chi connectivity index (χ0v) is 14.8. The van der Waals surface area contributed by atoms with Crippen LogP contribution in [0.15, 0.2) is 42.5 Å². The number of hydrogen-bond acceptors (Lipinski definition) is 2. The predicted molar refractivity (Wildman–Crippen MR) is 98.3 cm³/mol. The number of rotatable bonds is 3. The highest BCUT2D eigenvalue weighted by molar-refractivity contribution is 6.34. The normalized spacial score (nSPS) is 17.4. The maximum absolute atomic E-state index is 13.1. The Kier molecular flexibility index (Phi) is 5.09. The van der Waals surface area contributed by atoms with E-state index >= 15 is 0 Å². The van der Waals surface area contributed by atoms with Crippen molar-refractivity contribution < 1.29 is 14.7 Å². The van der Waals surface area contributed by atoms with Crippen molar-refractivity contribution in [2.24, 2.45) is 5.92 Å². The fraction of sp³-hybridized carbons (Fsp3) is 0.300. The van der Waals surface area contributed by atoms with E-state index in [4.69, 9.17) is 11.6 Å². The Balaban J connectivity index is 1.98. The highest BCUT2D eigenvalue weighted by Crippen LogP contribution is 2.34. The number of hydrogen-bond donors (Lipinski definition) is 1. The minimum absolute atomic E-state index is 0.0371. The number of amides is 1. The van der Waals surface area contributed by atoms with Crippen molar-refractivity contribution >= 4 is 23.5 Å². The van der Waals surface area contributed by atoms with Gasteiger partial charge in [0.05, 0.1) is 0 Å². The third-order valence-electron chi connectivity index (χ3n) is 4.65. The molecule has 1 aliphatic rings. The van der Waals surface area contributed by atoms with Crippen LogP contribution in [-0.2, 0) is 0 Å². The van der Waals surface area contributed by atoms with Gasteiger partial charge < -0.3 is 10.0 Å². The minimum atomic E-state index is -0.970. The summed E-state index contributed by atoms with van der Waals surface area (Å²) in [5, 5.41) is 9.74. The van der Waals surface area contributed by atoms with Crippen molar-refractivity contribution in [2.75, 3.05) is 13.1 Å². The van der Waals surface area contributed by atoms with Crippen LogP contribution in [0.4, 0.5) is 4.79 Å². The van der Waals surface area contributed by atoms with Crippen molar-refractivity contribution in [1.82, 2.24) is 4.90 Å². The molecule has 5 heteroatoms. The second-order valence-electron chi connectivity index (χ2n) is 6.46. The number of nitrogens with zero attached hydrogens (tertiary/aromatic N) is 1. The fourth-order valence-corrected chi connectivity index (χ4v) is 3.69. The minimum Gasteiger partial charge on any atom is -0.465 e. The molecule has 1 unspecified atom stereocenters. The average Bonchev–Trinajstić information content (AvgIpc) is 2.61. The lowest BCUT2D eigenvalue weighted by atomic mass is 9.86. The number of carboxylic acid groups (broad SMARTS) is 1. The van der Waals surface area contributed by atoms with Gasteiger partial charge in [0.2, 0.25) is 0 Å². The second-order valence-corrected chi connectivity index (χ2v) is 6.87. The molecule has 1 amide bonds. The van der Waals surface area contributed by atoms with Crippen LogP contribution in [0, 0.1) is 12.8 Å². The Hall–Kier alpha value is -2.33. The summed E-state index contributed by atoms with van der Waals surface area (Å²) in [4.78, 5) is 25.7. The molecule has 0 aliphatic carbocycles. The van der Waals surface area contributed by atoms with E-state index in [1.54, 1.807) is 18.2 Å². The summed E-state index contributed by atoms with van der Waals surface area (Å²) in [6.07, 6.45) is 0.424. The highest BCUT2D eigenvalue weighted by Gasteiger charge is 2.30. The van der Waals surface area contributed by atoms with E-state index in [0.717, 1.165) is 16.7 Å². The molecule has 0 aromatic heterocycles. The Morgan fingerprint density at radius 3 is 2.68 bits per heavy atom. The average molecular weight is 358 g/mol. The van der Waals surface area contributed by atoms with Crippen LogP contribution in [0.25, 0.3) is 11.1 Å². The number of aryl methyl sites for hydroxylation is 1. The van der Waals surface area contributed by atoms with Crippen LogP contribution in [-0.4, -0.2) is 35.0 Å². The van der Waals surface area contributed by atoms with Gasteiger partial charge in [0, 0.05) is 35.2 Å². The molecule has 1 heterocycles. The summed E-state index contributed by atoms with van der Waals surface area (Å²) in [7, 11) is 0. The van der Waals surface area contributed by atoms with Crippen LogP contribution in [0.3, 0.4) is 0 Å². The van der Waals surface area contributed by atoms with E-state index in [-0.39, 0.29) is 18.2 Å². The third kappa shape index (κ3) is 3.69. The van der Waals surface area contributed by atoms with Gasteiger partial charge in [0.1, 0.15) is 0 Å². The van der Waals surface area contributed by atoms with Gasteiger partial charge in [-0.05, 0) is 31.4 Å². The number of ketones is 1. The summed E-state index contributed by atoms with van der Waals surface area (Å²) in [6, 6.07) is 13.2. The zero-order valence-electron chi connectivity index (χ0n) is 14.0. The Morgan fingerprint density at radius 2 is 1.96 bits per heavy atom. The molecule has 1 aliphatic heterocycles. The van der Waals surface area contributed by atoms with E-state index in [9.17, 15) is 14.7 Å². The van der Waals surface area contributed by atoms with Crippen molar-refractivity contribution in [2.45, 2.75) is 19.8 Å². The van der Waals surface area contributed by atoms with Gasteiger partial charge in [-0.15, -0.1) is 0 Å². The molecule has 0 spiro atoms. The van der Waals surface area contributed by atoms with Crippen LogP contribution in [0.1, 0.15) is 28.8 Å². The van der Waals surface area contributed by atoms with Gasteiger partial charge in [-0.3, -0.25) is 4.79 Å². The molecule has 25 heavy (non-hydrogen) atoms. The Morgan fingerprint density at radius 1 is 1.20 bits per heavy atom. The largest absolute Gasteiger partial charge is 0.465 e. The number of Topliss-reactive ketones (excluding diaryl/α,β-unsaturated/α-hetero) is 1. The van der Waals surface area contributed by atoms with Crippen LogP contribution in [0.5, 0.6) is 0 Å². The SMILES string of the molecule is Cc1cccc(-c2c(Cl)cccc2C(=O)C2CCCN(C(=O)O)C2)c1. The molecular formula is C20H20ClNO3. The first-order chi connectivity index (χ1) is 12.0. The summed E-state index contributed by atoms with van der Waals surface area (Å²) in [5.41, 5.74) is 3.28. The number of halogens is 1. The predicted octanol–water partition coefficient (Wildman–Crippen LogP) is 4.89. The maximum atomic E-state index is 13.1. The molecule has 3 rings (SSSR count). The molecular weight excluding hydrogens is 338 g/mol.